The van der Waals surface area contributed by atoms with Gasteiger partial charge in [0.15, 0.2) is 0 Å². The van der Waals surface area contributed by atoms with Crippen LogP contribution in [0.3, 0.4) is 0 Å². The van der Waals surface area contributed by atoms with Crippen molar-refractivity contribution in [3.63, 3.8) is 0 Å². The Morgan fingerprint density at radius 2 is 1.78 bits per heavy atom. The number of likely N-dealkylation sites (tertiary alicyclic amines) is 1. The van der Waals surface area contributed by atoms with Crippen LogP contribution in [0.15, 0.2) is 0 Å². The van der Waals surface area contributed by atoms with E-state index >= 15 is 0 Å². The van der Waals surface area contributed by atoms with Gasteiger partial charge in [-0.15, -0.1) is 0 Å². The lowest BCUT2D eigenvalue weighted by atomic mass is 10.0. The monoisotopic (exact) mass is 250 g/mol. The fourth-order valence-corrected chi connectivity index (χ4v) is 3.67. The SMILES string of the molecule is CC1CCCCN1CCCNC(C1CC1)C1CC1. The molecule has 1 aliphatic heterocycles. The highest BCUT2D eigenvalue weighted by atomic mass is 15.2. The topological polar surface area (TPSA) is 15.3 Å². The molecule has 1 N–H and O–H groups in total. The predicted octanol–water partition coefficient (Wildman–Crippen LogP) is 3.03. The van der Waals surface area contributed by atoms with Gasteiger partial charge in [-0.25, -0.2) is 0 Å². The van der Waals surface area contributed by atoms with E-state index in [2.05, 4.69) is 17.1 Å². The average molecular weight is 250 g/mol. The molecular weight excluding hydrogens is 220 g/mol. The molecular formula is C16H30N2. The Balaban J connectivity index is 1.31. The van der Waals surface area contributed by atoms with Crippen molar-refractivity contribution in [1.82, 2.24) is 10.2 Å². The zero-order valence-corrected chi connectivity index (χ0v) is 12.0. The summed E-state index contributed by atoms with van der Waals surface area (Å²) in [6.45, 7) is 6.32. The van der Waals surface area contributed by atoms with E-state index in [1.54, 1.807) is 0 Å². The van der Waals surface area contributed by atoms with Gasteiger partial charge >= 0.3 is 0 Å². The van der Waals surface area contributed by atoms with Crippen molar-refractivity contribution >= 4 is 0 Å². The van der Waals surface area contributed by atoms with Crippen LogP contribution in [0, 0.1) is 11.8 Å². The lowest BCUT2D eigenvalue weighted by Crippen LogP contribution is -2.40. The van der Waals surface area contributed by atoms with Crippen LogP contribution < -0.4 is 5.32 Å². The number of hydrogen-bond acceptors (Lipinski definition) is 2. The van der Waals surface area contributed by atoms with Crippen molar-refractivity contribution < 1.29 is 0 Å². The van der Waals surface area contributed by atoms with Gasteiger partial charge in [-0.2, -0.15) is 0 Å². The van der Waals surface area contributed by atoms with Crippen molar-refractivity contribution in [3.05, 3.63) is 0 Å². The molecule has 3 rings (SSSR count). The van der Waals surface area contributed by atoms with Gasteiger partial charge in [-0.05, 0) is 83.3 Å². The molecule has 0 aromatic carbocycles. The second-order valence-electron chi connectivity index (χ2n) is 6.89. The molecule has 2 saturated carbocycles. The molecule has 1 unspecified atom stereocenters. The Morgan fingerprint density at radius 1 is 1.06 bits per heavy atom. The summed E-state index contributed by atoms with van der Waals surface area (Å²) in [6.07, 6.45) is 11.6. The van der Waals surface area contributed by atoms with Crippen LogP contribution in [0.4, 0.5) is 0 Å². The summed E-state index contributed by atoms with van der Waals surface area (Å²) in [4.78, 5) is 2.70. The minimum atomic E-state index is 0.835. The molecule has 0 aromatic rings. The largest absolute Gasteiger partial charge is 0.313 e. The normalized spacial score (nSPS) is 30.0. The summed E-state index contributed by atoms with van der Waals surface area (Å²) in [6, 6.07) is 1.73. The summed E-state index contributed by atoms with van der Waals surface area (Å²) >= 11 is 0. The predicted molar refractivity (Wildman–Crippen MR) is 76.7 cm³/mol. The molecule has 1 atom stereocenters. The first-order chi connectivity index (χ1) is 8.84. The van der Waals surface area contributed by atoms with Gasteiger partial charge in [0.2, 0.25) is 0 Å². The van der Waals surface area contributed by atoms with E-state index in [0.29, 0.717) is 0 Å². The Kier molecular flexibility index (Phi) is 4.25. The highest BCUT2D eigenvalue weighted by Crippen LogP contribution is 2.44. The summed E-state index contributed by atoms with van der Waals surface area (Å²) in [5.41, 5.74) is 0. The van der Waals surface area contributed by atoms with Gasteiger partial charge in [0.1, 0.15) is 0 Å². The molecule has 1 saturated heterocycles. The first kappa shape index (κ1) is 12.9. The number of piperidine rings is 1. The lowest BCUT2D eigenvalue weighted by Gasteiger charge is -2.33. The van der Waals surface area contributed by atoms with Crippen LogP contribution in [0.2, 0.25) is 0 Å². The van der Waals surface area contributed by atoms with Crippen LogP contribution in [0.1, 0.15) is 58.3 Å². The van der Waals surface area contributed by atoms with E-state index in [-0.39, 0.29) is 0 Å². The molecule has 1 heterocycles. The average Bonchev–Trinajstić information content (AvgIpc) is 3.25. The highest BCUT2D eigenvalue weighted by molar-refractivity contribution is 4.96. The standard InChI is InChI=1S/C16H30N2/c1-13-5-2-3-11-18(13)12-4-10-17-16(14-6-7-14)15-8-9-15/h13-17H,2-12H2,1H3. The van der Waals surface area contributed by atoms with Gasteiger partial charge in [0.25, 0.3) is 0 Å². The van der Waals surface area contributed by atoms with Crippen LogP contribution in [0.25, 0.3) is 0 Å². The molecule has 104 valence electrons. The summed E-state index contributed by atoms with van der Waals surface area (Å²) in [7, 11) is 0. The Hall–Kier alpha value is -0.0800. The molecule has 0 spiro atoms. The fourth-order valence-electron chi connectivity index (χ4n) is 3.67. The maximum atomic E-state index is 3.87. The number of rotatable bonds is 7. The molecule has 2 nitrogen and oxygen atoms in total. The molecule has 2 aliphatic carbocycles. The van der Waals surface area contributed by atoms with Crippen LogP contribution in [-0.4, -0.2) is 36.6 Å². The lowest BCUT2D eigenvalue weighted by molar-refractivity contribution is 0.158. The molecule has 0 aromatic heterocycles. The van der Waals surface area contributed by atoms with Crippen LogP contribution >= 0.6 is 0 Å². The summed E-state index contributed by atoms with van der Waals surface area (Å²) in [5, 5.41) is 3.87. The fraction of sp³-hybridized carbons (Fsp3) is 1.00. The van der Waals surface area contributed by atoms with E-state index in [9.17, 15) is 0 Å². The van der Waals surface area contributed by atoms with Crippen molar-refractivity contribution in [1.29, 1.82) is 0 Å². The third-order valence-corrected chi connectivity index (χ3v) is 5.20. The zero-order chi connectivity index (χ0) is 12.4. The molecule has 3 fully saturated rings. The number of nitrogens with zero attached hydrogens (tertiary/aromatic N) is 1. The number of nitrogens with one attached hydrogen (secondary N) is 1. The second kappa shape index (κ2) is 5.92. The van der Waals surface area contributed by atoms with Gasteiger partial charge in [0, 0.05) is 12.1 Å². The molecule has 0 radical (unpaired) electrons. The maximum Gasteiger partial charge on any atom is 0.0124 e. The van der Waals surface area contributed by atoms with Gasteiger partial charge < -0.3 is 10.2 Å². The Morgan fingerprint density at radius 3 is 2.39 bits per heavy atom. The minimum Gasteiger partial charge on any atom is -0.313 e. The molecule has 18 heavy (non-hydrogen) atoms. The summed E-state index contributed by atoms with van der Waals surface area (Å²) < 4.78 is 0. The van der Waals surface area contributed by atoms with E-state index < -0.39 is 0 Å². The third kappa shape index (κ3) is 3.48. The smallest absolute Gasteiger partial charge is 0.0124 e. The van der Waals surface area contributed by atoms with Gasteiger partial charge in [0.05, 0.1) is 0 Å². The van der Waals surface area contributed by atoms with Crippen molar-refractivity contribution in [2.24, 2.45) is 11.8 Å². The van der Waals surface area contributed by atoms with Crippen molar-refractivity contribution in [3.8, 4) is 0 Å². The zero-order valence-electron chi connectivity index (χ0n) is 12.0. The first-order valence-corrected chi connectivity index (χ1v) is 8.32. The Labute approximate surface area is 113 Å². The van der Waals surface area contributed by atoms with Gasteiger partial charge in [-0.3, -0.25) is 0 Å². The first-order valence-electron chi connectivity index (χ1n) is 8.32. The number of hydrogen-bond donors (Lipinski definition) is 1. The second-order valence-corrected chi connectivity index (χ2v) is 6.89. The van der Waals surface area contributed by atoms with E-state index in [4.69, 9.17) is 0 Å². The quantitative estimate of drug-likeness (QED) is 0.699. The third-order valence-electron chi connectivity index (χ3n) is 5.20. The van der Waals surface area contributed by atoms with E-state index in [0.717, 1.165) is 23.9 Å². The molecule has 3 aliphatic rings. The van der Waals surface area contributed by atoms with E-state index in [1.165, 1.54) is 71.0 Å². The van der Waals surface area contributed by atoms with Crippen LogP contribution in [0.5, 0.6) is 0 Å². The maximum absolute atomic E-state index is 3.87. The Bertz CT molecular complexity index is 246. The van der Waals surface area contributed by atoms with Crippen LogP contribution in [-0.2, 0) is 0 Å². The molecule has 0 bridgehead atoms. The van der Waals surface area contributed by atoms with Gasteiger partial charge in [-0.1, -0.05) is 6.42 Å². The minimum absolute atomic E-state index is 0.835. The molecule has 0 amide bonds. The highest BCUT2D eigenvalue weighted by Gasteiger charge is 2.40. The van der Waals surface area contributed by atoms with Crippen molar-refractivity contribution in [2.75, 3.05) is 19.6 Å². The summed E-state index contributed by atoms with van der Waals surface area (Å²) in [5.74, 6) is 2.10. The molecule has 2 heteroatoms. The van der Waals surface area contributed by atoms with E-state index in [1.807, 2.05) is 0 Å². The van der Waals surface area contributed by atoms with Crippen molar-refractivity contribution in [2.45, 2.75) is 70.4 Å².